The van der Waals surface area contributed by atoms with Gasteiger partial charge in [-0.1, -0.05) is 6.07 Å². The summed E-state index contributed by atoms with van der Waals surface area (Å²) in [4.78, 5) is 2.05. The third-order valence-corrected chi connectivity index (χ3v) is 2.33. The van der Waals surface area contributed by atoms with E-state index in [2.05, 4.69) is 6.07 Å². The van der Waals surface area contributed by atoms with E-state index in [1.807, 2.05) is 31.1 Å². The molecule has 1 heterocycles. The molecule has 1 aromatic carbocycles. The van der Waals surface area contributed by atoms with Crippen molar-refractivity contribution in [2.24, 2.45) is 5.73 Å². The van der Waals surface area contributed by atoms with Crippen LogP contribution in [0.3, 0.4) is 0 Å². The van der Waals surface area contributed by atoms with E-state index in [1.54, 1.807) is 0 Å². The van der Waals surface area contributed by atoms with E-state index >= 15 is 0 Å². The van der Waals surface area contributed by atoms with Gasteiger partial charge in [-0.2, -0.15) is 0 Å². The predicted molar refractivity (Wildman–Crippen MR) is 53.2 cm³/mol. The first-order valence-corrected chi connectivity index (χ1v) is 4.38. The Kier molecular flexibility index (Phi) is 1.88. The molecule has 1 atom stereocenters. The summed E-state index contributed by atoms with van der Waals surface area (Å²) in [5, 5.41) is 0. The average molecular weight is 178 g/mol. The Hall–Kier alpha value is -1.22. The Morgan fingerprint density at radius 1 is 1.46 bits per heavy atom. The number of hydrogen-bond donors (Lipinski definition) is 1. The number of fused-ring (bicyclic) bond motifs is 1. The van der Waals surface area contributed by atoms with Crippen molar-refractivity contribution < 1.29 is 4.74 Å². The smallest absolute Gasteiger partial charge is 0.126 e. The molecule has 3 heteroatoms. The first kappa shape index (κ1) is 8.38. The number of benzene rings is 1. The molecule has 1 aliphatic heterocycles. The van der Waals surface area contributed by atoms with Gasteiger partial charge in [0, 0.05) is 31.4 Å². The monoisotopic (exact) mass is 178 g/mol. The highest BCUT2D eigenvalue weighted by Gasteiger charge is 2.20. The Bertz CT molecular complexity index is 323. The van der Waals surface area contributed by atoms with Crippen molar-refractivity contribution in [3.05, 3.63) is 23.8 Å². The summed E-state index contributed by atoms with van der Waals surface area (Å²) in [6, 6.07) is 6.18. The highest BCUT2D eigenvalue weighted by molar-refractivity contribution is 5.54. The fourth-order valence-electron chi connectivity index (χ4n) is 1.50. The highest BCUT2D eigenvalue weighted by Crippen LogP contribution is 2.33. The zero-order chi connectivity index (χ0) is 9.42. The van der Waals surface area contributed by atoms with Gasteiger partial charge in [0.2, 0.25) is 0 Å². The molecule has 0 radical (unpaired) electrons. The van der Waals surface area contributed by atoms with Crippen LogP contribution in [0, 0.1) is 0 Å². The molecular formula is C10H14N2O. The average Bonchev–Trinajstić information content (AvgIpc) is 2.47. The Balaban J connectivity index is 2.40. The van der Waals surface area contributed by atoms with Gasteiger partial charge in [-0.3, -0.25) is 0 Å². The van der Waals surface area contributed by atoms with Gasteiger partial charge in [-0.05, 0) is 6.07 Å². The molecule has 13 heavy (non-hydrogen) atoms. The molecule has 0 bridgehead atoms. The zero-order valence-corrected chi connectivity index (χ0v) is 7.95. The summed E-state index contributed by atoms with van der Waals surface area (Å²) in [5.74, 6) is 0.929. The number of hydrogen-bond acceptors (Lipinski definition) is 3. The van der Waals surface area contributed by atoms with E-state index in [0.717, 1.165) is 17.0 Å². The minimum absolute atomic E-state index is 0.0474. The second-order valence-electron chi connectivity index (χ2n) is 3.53. The van der Waals surface area contributed by atoms with Crippen molar-refractivity contribution in [2.45, 2.75) is 6.04 Å². The first-order chi connectivity index (χ1) is 6.18. The number of ether oxygens (including phenoxy) is 1. The van der Waals surface area contributed by atoms with E-state index in [9.17, 15) is 0 Å². The lowest BCUT2D eigenvalue weighted by atomic mass is 10.1. The van der Waals surface area contributed by atoms with Crippen LogP contribution >= 0.6 is 0 Å². The molecule has 0 saturated carbocycles. The van der Waals surface area contributed by atoms with Crippen molar-refractivity contribution in [2.75, 3.05) is 25.6 Å². The largest absolute Gasteiger partial charge is 0.491 e. The minimum Gasteiger partial charge on any atom is -0.491 e. The fraction of sp³-hybridized carbons (Fsp3) is 0.400. The predicted octanol–water partition coefficient (Wildman–Crippen LogP) is 1.14. The molecule has 1 aliphatic rings. The molecule has 0 amide bonds. The summed E-state index contributed by atoms with van der Waals surface area (Å²) < 4.78 is 5.45. The summed E-state index contributed by atoms with van der Waals surface area (Å²) in [6.07, 6.45) is 0. The van der Waals surface area contributed by atoms with Gasteiger partial charge in [0.15, 0.2) is 0 Å². The maximum absolute atomic E-state index is 5.83. The van der Waals surface area contributed by atoms with E-state index in [-0.39, 0.29) is 6.04 Å². The summed E-state index contributed by atoms with van der Waals surface area (Å²) in [5.41, 5.74) is 8.10. The Labute approximate surface area is 78.1 Å². The van der Waals surface area contributed by atoms with Crippen LogP contribution in [0.2, 0.25) is 0 Å². The minimum atomic E-state index is 0.0474. The lowest BCUT2D eigenvalue weighted by Gasteiger charge is -2.13. The van der Waals surface area contributed by atoms with E-state index in [4.69, 9.17) is 10.5 Å². The molecule has 0 fully saturated rings. The van der Waals surface area contributed by atoms with Crippen LogP contribution in [0.1, 0.15) is 11.6 Å². The molecule has 0 saturated heterocycles. The van der Waals surface area contributed by atoms with Gasteiger partial charge in [0.05, 0.1) is 6.04 Å². The molecule has 1 aromatic rings. The Morgan fingerprint density at radius 3 is 2.92 bits per heavy atom. The summed E-state index contributed by atoms with van der Waals surface area (Å²) in [7, 11) is 4.02. The first-order valence-electron chi connectivity index (χ1n) is 4.38. The molecule has 2 N–H and O–H groups in total. The fourth-order valence-corrected chi connectivity index (χ4v) is 1.50. The van der Waals surface area contributed by atoms with Gasteiger partial charge in [-0.25, -0.2) is 0 Å². The standard InChI is InChI=1S/C10H14N2O/c1-12(2)7-3-4-8-9(11)6-13-10(8)5-7/h3-5,9H,6,11H2,1-2H3/t9-/m0/s1. The maximum atomic E-state index is 5.83. The van der Waals surface area contributed by atoms with Crippen molar-refractivity contribution in [3.8, 4) is 5.75 Å². The highest BCUT2D eigenvalue weighted by atomic mass is 16.5. The third-order valence-electron chi connectivity index (χ3n) is 2.33. The third kappa shape index (κ3) is 1.35. The van der Waals surface area contributed by atoms with E-state index in [0.29, 0.717) is 6.61 Å². The molecular weight excluding hydrogens is 164 g/mol. The molecule has 70 valence electrons. The Morgan fingerprint density at radius 2 is 2.23 bits per heavy atom. The van der Waals surface area contributed by atoms with Gasteiger partial charge >= 0.3 is 0 Å². The van der Waals surface area contributed by atoms with Crippen molar-refractivity contribution in [1.29, 1.82) is 0 Å². The second-order valence-corrected chi connectivity index (χ2v) is 3.53. The lowest BCUT2D eigenvalue weighted by molar-refractivity contribution is 0.333. The van der Waals surface area contributed by atoms with Crippen LogP contribution in [0.25, 0.3) is 0 Å². The van der Waals surface area contributed by atoms with Crippen LogP contribution in [0.15, 0.2) is 18.2 Å². The van der Waals surface area contributed by atoms with Crippen molar-refractivity contribution in [3.63, 3.8) is 0 Å². The molecule has 3 nitrogen and oxygen atoms in total. The molecule has 2 rings (SSSR count). The molecule has 0 aliphatic carbocycles. The van der Waals surface area contributed by atoms with E-state index in [1.165, 1.54) is 0 Å². The normalized spacial score (nSPS) is 19.5. The molecule has 0 aromatic heterocycles. The lowest BCUT2D eigenvalue weighted by Crippen LogP contribution is -2.11. The van der Waals surface area contributed by atoms with Gasteiger partial charge < -0.3 is 15.4 Å². The quantitative estimate of drug-likeness (QED) is 0.701. The van der Waals surface area contributed by atoms with Crippen LogP contribution in [0.5, 0.6) is 5.75 Å². The van der Waals surface area contributed by atoms with Crippen LogP contribution < -0.4 is 15.4 Å². The molecule has 0 unspecified atom stereocenters. The van der Waals surface area contributed by atoms with Crippen molar-refractivity contribution >= 4 is 5.69 Å². The number of nitrogens with zero attached hydrogens (tertiary/aromatic N) is 1. The maximum Gasteiger partial charge on any atom is 0.126 e. The van der Waals surface area contributed by atoms with Crippen LogP contribution in [-0.2, 0) is 0 Å². The number of anilines is 1. The zero-order valence-electron chi connectivity index (χ0n) is 7.95. The van der Waals surface area contributed by atoms with Gasteiger partial charge in [0.1, 0.15) is 12.4 Å². The summed E-state index contributed by atoms with van der Waals surface area (Å²) in [6.45, 7) is 0.603. The van der Waals surface area contributed by atoms with Gasteiger partial charge in [-0.15, -0.1) is 0 Å². The topological polar surface area (TPSA) is 38.5 Å². The van der Waals surface area contributed by atoms with Crippen LogP contribution in [0.4, 0.5) is 5.69 Å². The number of nitrogens with two attached hydrogens (primary N) is 1. The van der Waals surface area contributed by atoms with E-state index < -0.39 is 0 Å². The summed E-state index contributed by atoms with van der Waals surface area (Å²) >= 11 is 0. The molecule has 0 spiro atoms. The number of rotatable bonds is 1. The second kappa shape index (κ2) is 2.92. The van der Waals surface area contributed by atoms with Crippen LogP contribution in [-0.4, -0.2) is 20.7 Å². The van der Waals surface area contributed by atoms with Crippen molar-refractivity contribution in [1.82, 2.24) is 0 Å². The van der Waals surface area contributed by atoms with Gasteiger partial charge in [0.25, 0.3) is 0 Å². The SMILES string of the molecule is CN(C)c1ccc2c(c1)OC[C@@H]2N.